The van der Waals surface area contributed by atoms with Gasteiger partial charge >= 0.3 is 5.97 Å². The summed E-state index contributed by atoms with van der Waals surface area (Å²) in [6.45, 7) is 3.02. The van der Waals surface area contributed by atoms with Crippen LogP contribution in [0.5, 0.6) is 5.75 Å². The first-order valence-corrected chi connectivity index (χ1v) is 9.07. The first-order chi connectivity index (χ1) is 11.6. The van der Waals surface area contributed by atoms with E-state index in [1.54, 1.807) is 24.3 Å². The number of carbonyl (C=O) groups excluding carboxylic acids is 1. The number of hydrogen-bond donors (Lipinski definition) is 0. The van der Waals surface area contributed by atoms with Gasteiger partial charge in [0.2, 0.25) is 0 Å². The van der Waals surface area contributed by atoms with Crippen molar-refractivity contribution < 1.29 is 14.3 Å². The molecule has 6 heteroatoms. The average Bonchev–Trinajstić information content (AvgIpc) is 2.63. The summed E-state index contributed by atoms with van der Waals surface area (Å²) in [4.78, 5) is 15.0. The standard InChI is InChI=1S/C18H16INO3S/c19-15-5-1-14(2-6-15)18(21)23-16-7-3-13(4-8-16)17(24)20-9-11-22-12-10-20/h1-8H,9-12H2. The van der Waals surface area contributed by atoms with Crippen LogP contribution in [0.25, 0.3) is 0 Å². The van der Waals surface area contributed by atoms with Crippen molar-refractivity contribution >= 4 is 45.8 Å². The lowest BCUT2D eigenvalue weighted by molar-refractivity contribution is 0.0692. The minimum absolute atomic E-state index is 0.366. The number of rotatable bonds is 3. The van der Waals surface area contributed by atoms with Crippen LogP contribution in [0.1, 0.15) is 15.9 Å². The van der Waals surface area contributed by atoms with Crippen LogP contribution >= 0.6 is 34.8 Å². The Morgan fingerprint density at radius 3 is 2.21 bits per heavy atom. The van der Waals surface area contributed by atoms with Crippen molar-refractivity contribution in [2.45, 2.75) is 0 Å². The number of morpholine rings is 1. The molecule has 0 atom stereocenters. The van der Waals surface area contributed by atoms with Crippen LogP contribution in [0.3, 0.4) is 0 Å². The van der Waals surface area contributed by atoms with E-state index in [2.05, 4.69) is 27.5 Å². The lowest BCUT2D eigenvalue weighted by Gasteiger charge is -2.29. The molecular formula is C18H16INO3S. The highest BCUT2D eigenvalue weighted by Gasteiger charge is 2.15. The Morgan fingerprint density at radius 2 is 1.58 bits per heavy atom. The number of nitrogens with zero attached hydrogens (tertiary/aromatic N) is 1. The lowest BCUT2D eigenvalue weighted by atomic mass is 10.2. The molecule has 2 aromatic carbocycles. The predicted octanol–water partition coefficient (Wildman–Crippen LogP) is 3.52. The molecular weight excluding hydrogens is 437 g/mol. The maximum atomic E-state index is 12.1. The van der Waals surface area contributed by atoms with E-state index < -0.39 is 0 Å². The molecule has 1 aliphatic heterocycles. The van der Waals surface area contributed by atoms with Crippen molar-refractivity contribution in [3.05, 3.63) is 63.2 Å². The summed E-state index contributed by atoms with van der Waals surface area (Å²) in [5.41, 5.74) is 1.48. The van der Waals surface area contributed by atoms with Gasteiger partial charge in [-0.05, 0) is 71.1 Å². The minimum Gasteiger partial charge on any atom is -0.423 e. The van der Waals surface area contributed by atoms with Gasteiger partial charge in [0.1, 0.15) is 10.7 Å². The number of esters is 1. The highest BCUT2D eigenvalue weighted by Crippen LogP contribution is 2.17. The fourth-order valence-corrected chi connectivity index (χ4v) is 3.04. The molecule has 0 unspecified atom stereocenters. The molecule has 3 rings (SSSR count). The van der Waals surface area contributed by atoms with E-state index in [1.165, 1.54) is 0 Å². The normalized spacial score (nSPS) is 14.3. The summed E-state index contributed by atoms with van der Waals surface area (Å²) in [6.07, 6.45) is 0. The molecule has 0 N–H and O–H groups in total. The summed E-state index contributed by atoms with van der Waals surface area (Å²) in [5.74, 6) is 0.141. The second-order valence-electron chi connectivity index (χ2n) is 5.33. The zero-order valence-electron chi connectivity index (χ0n) is 12.9. The van der Waals surface area contributed by atoms with Crippen LogP contribution in [0.4, 0.5) is 0 Å². The first-order valence-electron chi connectivity index (χ1n) is 7.58. The van der Waals surface area contributed by atoms with E-state index in [0.29, 0.717) is 24.5 Å². The maximum Gasteiger partial charge on any atom is 0.343 e. The Morgan fingerprint density at radius 1 is 1.00 bits per heavy atom. The fourth-order valence-electron chi connectivity index (χ4n) is 2.37. The van der Waals surface area contributed by atoms with Crippen molar-refractivity contribution in [3.8, 4) is 5.75 Å². The maximum absolute atomic E-state index is 12.1. The minimum atomic E-state index is -0.366. The van der Waals surface area contributed by atoms with Crippen molar-refractivity contribution in [3.63, 3.8) is 0 Å². The fraction of sp³-hybridized carbons (Fsp3) is 0.222. The number of carbonyl (C=O) groups is 1. The second kappa shape index (κ2) is 8.04. The van der Waals surface area contributed by atoms with Crippen LogP contribution in [0, 0.1) is 3.57 Å². The Labute approximate surface area is 159 Å². The monoisotopic (exact) mass is 453 g/mol. The Hall–Kier alpha value is -1.51. The third kappa shape index (κ3) is 4.31. The van der Waals surface area contributed by atoms with Crippen LogP contribution < -0.4 is 4.74 Å². The molecule has 1 fully saturated rings. The van der Waals surface area contributed by atoms with Gasteiger partial charge in [-0.25, -0.2) is 4.79 Å². The molecule has 4 nitrogen and oxygen atoms in total. The van der Waals surface area contributed by atoms with Crippen molar-refractivity contribution in [1.82, 2.24) is 4.90 Å². The molecule has 1 heterocycles. The molecule has 1 saturated heterocycles. The average molecular weight is 453 g/mol. The van der Waals surface area contributed by atoms with Crippen LogP contribution in [0.15, 0.2) is 48.5 Å². The van der Waals surface area contributed by atoms with Gasteiger partial charge in [-0.15, -0.1) is 0 Å². The predicted molar refractivity (Wildman–Crippen MR) is 105 cm³/mol. The zero-order valence-corrected chi connectivity index (χ0v) is 15.9. The highest BCUT2D eigenvalue weighted by atomic mass is 127. The Bertz CT molecular complexity index is 725. The molecule has 0 aromatic heterocycles. The summed E-state index contributed by atoms with van der Waals surface area (Å²) >= 11 is 7.72. The number of benzene rings is 2. The number of ether oxygens (including phenoxy) is 2. The zero-order chi connectivity index (χ0) is 16.9. The van der Waals surface area contributed by atoms with Crippen molar-refractivity contribution in [1.29, 1.82) is 0 Å². The van der Waals surface area contributed by atoms with Crippen molar-refractivity contribution in [2.24, 2.45) is 0 Å². The molecule has 0 radical (unpaired) electrons. The van der Waals surface area contributed by atoms with Gasteiger partial charge in [-0.3, -0.25) is 0 Å². The molecule has 0 bridgehead atoms. The SMILES string of the molecule is O=C(Oc1ccc(C(=S)N2CCOCC2)cc1)c1ccc(I)cc1. The molecule has 24 heavy (non-hydrogen) atoms. The molecule has 0 spiro atoms. The van der Waals surface area contributed by atoms with Crippen LogP contribution in [-0.4, -0.2) is 42.2 Å². The third-order valence-electron chi connectivity index (χ3n) is 3.69. The second-order valence-corrected chi connectivity index (χ2v) is 6.96. The van der Waals surface area contributed by atoms with E-state index in [1.807, 2.05) is 24.3 Å². The molecule has 0 saturated carbocycles. The molecule has 2 aromatic rings. The number of hydrogen-bond acceptors (Lipinski definition) is 4. The van der Waals surface area contributed by atoms with Gasteiger partial charge in [-0.2, -0.15) is 0 Å². The number of thiocarbonyl (C=S) groups is 1. The van der Waals surface area contributed by atoms with Crippen LogP contribution in [0.2, 0.25) is 0 Å². The van der Waals surface area contributed by atoms with E-state index in [-0.39, 0.29) is 5.97 Å². The molecule has 0 amide bonds. The first kappa shape index (κ1) is 17.3. The summed E-state index contributed by atoms with van der Waals surface area (Å²) in [7, 11) is 0. The van der Waals surface area contributed by atoms with E-state index in [4.69, 9.17) is 21.7 Å². The topological polar surface area (TPSA) is 38.8 Å². The van der Waals surface area contributed by atoms with Gasteiger partial charge in [0.25, 0.3) is 0 Å². The molecule has 1 aliphatic rings. The van der Waals surface area contributed by atoms with Gasteiger partial charge in [0, 0.05) is 22.2 Å². The smallest absolute Gasteiger partial charge is 0.343 e. The lowest BCUT2D eigenvalue weighted by Crippen LogP contribution is -2.40. The Kier molecular flexibility index (Phi) is 5.80. The van der Waals surface area contributed by atoms with Gasteiger partial charge < -0.3 is 14.4 Å². The Balaban J connectivity index is 1.64. The summed E-state index contributed by atoms with van der Waals surface area (Å²) in [5, 5.41) is 0. The highest BCUT2D eigenvalue weighted by molar-refractivity contribution is 14.1. The largest absolute Gasteiger partial charge is 0.423 e. The van der Waals surface area contributed by atoms with Gasteiger partial charge in [0.15, 0.2) is 0 Å². The summed E-state index contributed by atoms with van der Waals surface area (Å²) < 4.78 is 11.8. The molecule has 124 valence electrons. The van der Waals surface area contributed by atoms with Crippen molar-refractivity contribution in [2.75, 3.05) is 26.3 Å². The molecule has 0 aliphatic carbocycles. The van der Waals surface area contributed by atoms with Gasteiger partial charge in [0.05, 0.1) is 18.8 Å². The summed E-state index contributed by atoms with van der Waals surface area (Å²) in [6, 6.07) is 14.6. The van der Waals surface area contributed by atoms with Gasteiger partial charge in [-0.1, -0.05) is 12.2 Å². The quantitative estimate of drug-likeness (QED) is 0.308. The third-order valence-corrected chi connectivity index (χ3v) is 4.90. The van der Waals surface area contributed by atoms with E-state index in [0.717, 1.165) is 27.2 Å². The van der Waals surface area contributed by atoms with E-state index in [9.17, 15) is 4.79 Å². The van der Waals surface area contributed by atoms with E-state index >= 15 is 0 Å². The van der Waals surface area contributed by atoms with Crippen LogP contribution in [-0.2, 0) is 4.74 Å². The number of halogens is 1.